The van der Waals surface area contributed by atoms with Gasteiger partial charge in [-0.15, -0.1) is 12.6 Å². The molecular formula is C24H32N2S. The van der Waals surface area contributed by atoms with Gasteiger partial charge in [-0.3, -0.25) is 0 Å². The van der Waals surface area contributed by atoms with E-state index >= 15 is 0 Å². The molecule has 0 N–H and O–H groups in total. The number of hydrogen-bond acceptors (Lipinski definition) is 2. The fourth-order valence-electron chi connectivity index (χ4n) is 3.62. The maximum atomic E-state index is 4.91. The van der Waals surface area contributed by atoms with Crippen molar-refractivity contribution in [3.63, 3.8) is 0 Å². The summed E-state index contributed by atoms with van der Waals surface area (Å²) < 4.78 is 2.26. The lowest BCUT2D eigenvalue weighted by Crippen LogP contribution is -2.19. The van der Waals surface area contributed by atoms with Crippen LogP contribution in [-0.2, 0) is 23.8 Å². The third kappa shape index (κ3) is 4.40. The van der Waals surface area contributed by atoms with E-state index in [4.69, 9.17) is 12.6 Å². The first-order valence-corrected chi connectivity index (χ1v) is 10.3. The summed E-state index contributed by atoms with van der Waals surface area (Å²) in [6.45, 7) is 14.6. The van der Waals surface area contributed by atoms with Crippen molar-refractivity contribution in [2.75, 3.05) is 0 Å². The van der Waals surface area contributed by atoms with Crippen LogP contribution in [0.3, 0.4) is 0 Å². The predicted molar refractivity (Wildman–Crippen MR) is 119 cm³/mol. The van der Waals surface area contributed by atoms with Crippen molar-refractivity contribution in [2.24, 2.45) is 0 Å². The number of imidazole rings is 1. The fraction of sp³-hybridized carbons (Fsp3) is 0.458. The SMILES string of the molecule is CC(C)(C)c1cc(CCCn2cnc3ccccc32)cc(C(C)(C)C)c1S. The van der Waals surface area contributed by atoms with Gasteiger partial charge in [0.25, 0.3) is 0 Å². The zero-order valence-corrected chi connectivity index (χ0v) is 18.4. The monoisotopic (exact) mass is 380 g/mol. The highest BCUT2D eigenvalue weighted by atomic mass is 32.1. The highest BCUT2D eigenvalue weighted by Gasteiger charge is 2.24. The minimum Gasteiger partial charge on any atom is -0.331 e. The molecule has 0 aliphatic heterocycles. The highest BCUT2D eigenvalue weighted by molar-refractivity contribution is 7.80. The Morgan fingerprint density at radius 2 is 1.52 bits per heavy atom. The van der Waals surface area contributed by atoms with Gasteiger partial charge in [-0.25, -0.2) is 4.98 Å². The lowest BCUT2D eigenvalue weighted by atomic mass is 9.79. The number of aryl methyl sites for hydroxylation is 2. The van der Waals surface area contributed by atoms with Crippen molar-refractivity contribution in [1.82, 2.24) is 9.55 Å². The zero-order chi connectivity index (χ0) is 19.8. The van der Waals surface area contributed by atoms with Gasteiger partial charge in [0.05, 0.1) is 17.4 Å². The maximum absolute atomic E-state index is 4.91. The second kappa shape index (κ2) is 7.35. The lowest BCUT2D eigenvalue weighted by molar-refractivity contribution is 0.544. The van der Waals surface area contributed by atoms with Gasteiger partial charge in [0, 0.05) is 11.4 Å². The molecule has 2 aromatic carbocycles. The minimum absolute atomic E-state index is 0.0909. The third-order valence-electron chi connectivity index (χ3n) is 5.18. The van der Waals surface area contributed by atoms with E-state index in [2.05, 4.69) is 81.4 Å². The smallest absolute Gasteiger partial charge is 0.0958 e. The zero-order valence-electron chi connectivity index (χ0n) is 17.5. The Kier molecular flexibility index (Phi) is 5.45. The van der Waals surface area contributed by atoms with Crippen LogP contribution in [0.25, 0.3) is 11.0 Å². The van der Waals surface area contributed by atoms with E-state index in [-0.39, 0.29) is 10.8 Å². The number of aromatic nitrogens is 2. The van der Waals surface area contributed by atoms with Crippen LogP contribution in [0.5, 0.6) is 0 Å². The van der Waals surface area contributed by atoms with E-state index in [1.807, 2.05) is 12.4 Å². The van der Waals surface area contributed by atoms with Gasteiger partial charge in [-0.1, -0.05) is 65.8 Å². The van der Waals surface area contributed by atoms with Crippen molar-refractivity contribution in [3.8, 4) is 0 Å². The van der Waals surface area contributed by atoms with Gasteiger partial charge in [0.2, 0.25) is 0 Å². The minimum atomic E-state index is 0.0909. The van der Waals surface area contributed by atoms with Crippen molar-refractivity contribution in [1.29, 1.82) is 0 Å². The van der Waals surface area contributed by atoms with Gasteiger partial charge in [-0.05, 0) is 52.5 Å². The number of hydrogen-bond donors (Lipinski definition) is 1. The number of nitrogens with zero attached hydrogens (tertiary/aromatic N) is 2. The van der Waals surface area contributed by atoms with E-state index < -0.39 is 0 Å². The van der Waals surface area contributed by atoms with Crippen molar-refractivity contribution >= 4 is 23.7 Å². The molecule has 0 saturated heterocycles. The predicted octanol–water partition coefficient (Wildman–Crippen LogP) is 6.55. The van der Waals surface area contributed by atoms with Crippen LogP contribution in [0.4, 0.5) is 0 Å². The molecule has 0 radical (unpaired) electrons. The molecule has 0 unspecified atom stereocenters. The van der Waals surface area contributed by atoms with Crippen molar-refractivity contribution in [3.05, 3.63) is 59.4 Å². The second-order valence-corrected chi connectivity index (χ2v) is 10.0. The Morgan fingerprint density at radius 3 is 2.11 bits per heavy atom. The molecule has 27 heavy (non-hydrogen) atoms. The summed E-state index contributed by atoms with van der Waals surface area (Å²) in [6.07, 6.45) is 4.12. The van der Waals surface area contributed by atoms with Crippen LogP contribution in [-0.4, -0.2) is 9.55 Å². The molecule has 144 valence electrons. The molecule has 0 spiro atoms. The van der Waals surface area contributed by atoms with E-state index in [9.17, 15) is 0 Å². The standard InChI is InChI=1S/C24H32N2S/c1-23(2,3)18-14-17(15-19(22(18)27)24(4,5)6)10-9-13-26-16-25-20-11-7-8-12-21(20)26/h7-8,11-12,14-16,27H,9-10,13H2,1-6H3. The summed E-state index contributed by atoms with van der Waals surface area (Å²) in [7, 11) is 0. The average molecular weight is 381 g/mol. The summed E-state index contributed by atoms with van der Waals surface area (Å²) in [4.78, 5) is 5.65. The quantitative estimate of drug-likeness (QED) is 0.508. The van der Waals surface area contributed by atoms with Gasteiger partial charge in [0.1, 0.15) is 0 Å². The number of para-hydroxylation sites is 2. The lowest BCUT2D eigenvalue weighted by Gasteiger charge is -2.29. The van der Waals surface area contributed by atoms with Crippen LogP contribution < -0.4 is 0 Å². The van der Waals surface area contributed by atoms with Crippen LogP contribution in [0.1, 0.15) is 64.7 Å². The van der Waals surface area contributed by atoms with E-state index in [1.165, 1.54) is 22.2 Å². The molecule has 0 bridgehead atoms. The first kappa shape index (κ1) is 20.0. The third-order valence-corrected chi connectivity index (χ3v) is 5.66. The Labute approximate surface area is 169 Å². The molecule has 3 heteroatoms. The Bertz CT molecular complexity index is 904. The van der Waals surface area contributed by atoms with Gasteiger partial charge < -0.3 is 4.57 Å². The Balaban J connectivity index is 1.84. The van der Waals surface area contributed by atoms with Gasteiger partial charge in [0.15, 0.2) is 0 Å². The molecule has 2 nitrogen and oxygen atoms in total. The Morgan fingerprint density at radius 1 is 0.926 bits per heavy atom. The van der Waals surface area contributed by atoms with Crippen LogP contribution in [0.15, 0.2) is 47.6 Å². The maximum Gasteiger partial charge on any atom is 0.0958 e. The molecule has 0 aliphatic rings. The molecule has 3 aromatic rings. The van der Waals surface area contributed by atoms with Gasteiger partial charge in [-0.2, -0.15) is 0 Å². The van der Waals surface area contributed by atoms with Crippen molar-refractivity contribution < 1.29 is 0 Å². The summed E-state index contributed by atoms with van der Waals surface area (Å²) in [6, 6.07) is 13.1. The molecule has 0 fully saturated rings. The first-order valence-electron chi connectivity index (χ1n) is 9.84. The Hall–Kier alpha value is -1.74. The molecule has 1 heterocycles. The van der Waals surface area contributed by atoms with Crippen LogP contribution in [0, 0.1) is 0 Å². The summed E-state index contributed by atoms with van der Waals surface area (Å²) in [5.41, 5.74) is 6.58. The molecule has 0 aliphatic carbocycles. The first-order chi connectivity index (χ1) is 12.6. The topological polar surface area (TPSA) is 17.8 Å². The van der Waals surface area contributed by atoms with E-state index in [1.54, 1.807) is 0 Å². The molecular weight excluding hydrogens is 348 g/mol. The van der Waals surface area contributed by atoms with Crippen molar-refractivity contribution in [2.45, 2.75) is 76.7 Å². The molecule has 3 rings (SSSR count). The van der Waals surface area contributed by atoms with Crippen LogP contribution in [0.2, 0.25) is 0 Å². The number of thiol groups is 1. The molecule has 0 atom stereocenters. The van der Waals surface area contributed by atoms with E-state index in [0.29, 0.717) is 0 Å². The second-order valence-electron chi connectivity index (χ2n) is 9.57. The summed E-state index contributed by atoms with van der Waals surface area (Å²) in [5, 5.41) is 0. The summed E-state index contributed by atoms with van der Waals surface area (Å²) in [5.74, 6) is 0. The fourth-order valence-corrected chi connectivity index (χ4v) is 4.42. The van der Waals surface area contributed by atoms with Gasteiger partial charge >= 0.3 is 0 Å². The number of benzene rings is 2. The number of fused-ring (bicyclic) bond motifs is 1. The average Bonchev–Trinajstić information content (AvgIpc) is 2.97. The highest BCUT2D eigenvalue weighted by Crippen LogP contribution is 2.37. The molecule has 0 saturated carbocycles. The largest absolute Gasteiger partial charge is 0.331 e. The normalized spacial score (nSPS) is 12.7. The van der Waals surface area contributed by atoms with E-state index in [0.717, 1.165) is 29.8 Å². The van der Waals surface area contributed by atoms with Crippen LogP contribution >= 0.6 is 12.6 Å². The summed E-state index contributed by atoms with van der Waals surface area (Å²) >= 11 is 4.91. The molecule has 0 amide bonds. The molecule has 1 aromatic heterocycles. The number of rotatable bonds is 4.